The Bertz CT molecular complexity index is 1080. The topological polar surface area (TPSA) is 91.3 Å². The largest absolute Gasteiger partial charge is 0.508 e. The fourth-order valence-electron chi connectivity index (χ4n) is 3.54. The van der Waals surface area contributed by atoms with E-state index in [4.69, 9.17) is 9.47 Å². The molecule has 3 rings (SSSR count). The molecule has 0 radical (unpaired) electrons. The lowest BCUT2D eigenvalue weighted by molar-refractivity contribution is 0.102. The molecule has 3 N–H and O–H groups in total. The summed E-state index contributed by atoms with van der Waals surface area (Å²) in [6.07, 6.45) is 0. The smallest absolute Gasteiger partial charge is 0.256 e. The number of amides is 1. The average molecular weight is 451 g/mol. The quantitative estimate of drug-likeness (QED) is 0.413. The Hall–Kier alpha value is -3.71. The molecule has 3 aromatic rings. The van der Waals surface area contributed by atoms with Crippen LogP contribution in [-0.4, -0.2) is 54.4 Å². The number of ether oxygens (including phenoxy) is 2. The molecule has 0 heterocycles. The highest BCUT2D eigenvalue weighted by molar-refractivity contribution is 6.10. The first-order valence-electron chi connectivity index (χ1n) is 10.9. The van der Waals surface area contributed by atoms with Gasteiger partial charge in [-0.15, -0.1) is 0 Å². The predicted octanol–water partition coefficient (Wildman–Crippen LogP) is 4.75. The van der Waals surface area contributed by atoms with E-state index >= 15 is 0 Å². The molecular weight excluding hydrogens is 420 g/mol. The number of benzene rings is 3. The molecule has 3 aromatic carbocycles. The summed E-state index contributed by atoms with van der Waals surface area (Å²) in [6.45, 7) is 7.65. The standard InChI is InChI=1S/C26H30N2O5/c1-4-28(5-2)15-16-33-21-11-9-19(10-12-21)27-26(31)22-13-14-23(32-3)25(30)24(22)18-7-6-8-20(29)17-18/h6-14,17,29-30H,4-5,15-16H2,1-3H3,(H,27,31). The second kappa shape index (κ2) is 11.2. The van der Waals surface area contributed by atoms with Gasteiger partial charge < -0.3 is 29.9 Å². The second-order valence-electron chi connectivity index (χ2n) is 7.44. The van der Waals surface area contributed by atoms with Crippen LogP contribution >= 0.6 is 0 Å². The first-order valence-corrected chi connectivity index (χ1v) is 10.9. The lowest BCUT2D eigenvalue weighted by atomic mass is 9.97. The first-order chi connectivity index (χ1) is 16.0. The van der Waals surface area contributed by atoms with E-state index in [1.807, 2.05) is 0 Å². The summed E-state index contributed by atoms with van der Waals surface area (Å²) in [6, 6.07) is 16.6. The first kappa shape index (κ1) is 23.9. The van der Waals surface area contributed by atoms with Crippen LogP contribution in [0.5, 0.6) is 23.0 Å². The van der Waals surface area contributed by atoms with Crippen molar-refractivity contribution in [3.63, 3.8) is 0 Å². The summed E-state index contributed by atoms with van der Waals surface area (Å²) in [5.41, 5.74) is 1.61. The number of methoxy groups -OCH3 is 1. The molecule has 7 nitrogen and oxygen atoms in total. The predicted molar refractivity (Wildman–Crippen MR) is 129 cm³/mol. The van der Waals surface area contributed by atoms with Crippen LogP contribution in [0.4, 0.5) is 5.69 Å². The number of likely N-dealkylation sites (N-methyl/N-ethyl adjacent to an activating group) is 1. The van der Waals surface area contributed by atoms with E-state index in [0.717, 1.165) is 25.4 Å². The molecule has 0 spiro atoms. The molecule has 0 saturated heterocycles. The Morgan fingerprint density at radius 1 is 1.00 bits per heavy atom. The zero-order valence-corrected chi connectivity index (χ0v) is 19.2. The van der Waals surface area contributed by atoms with Crippen LogP contribution in [0.2, 0.25) is 0 Å². The molecular formula is C26H30N2O5. The molecule has 174 valence electrons. The van der Waals surface area contributed by atoms with Crippen LogP contribution in [0.25, 0.3) is 11.1 Å². The lowest BCUT2D eigenvalue weighted by Crippen LogP contribution is -2.27. The summed E-state index contributed by atoms with van der Waals surface area (Å²) in [7, 11) is 1.44. The number of rotatable bonds is 10. The molecule has 0 aliphatic rings. The van der Waals surface area contributed by atoms with Crippen molar-refractivity contribution in [3.8, 4) is 34.1 Å². The molecule has 33 heavy (non-hydrogen) atoms. The van der Waals surface area contributed by atoms with E-state index in [0.29, 0.717) is 17.9 Å². The van der Waals surface area contributed by atoms with E-state index in [9.17, 15) is 15.0 Å². The maximum Gasteiger partial charge on any atom is 0.256 e. The Kier molecular flexibility index (Phi) is 8.16. The van der Waals surface area contributed by atoms with Gasteiger partial charge in [0.2, 0.25) is 0 Å². The van der Waals surface area contributed by atoms with Crippen LogP contribution < -0.4 is 14.8 Å². The van der Waals surface area contributed by atoms with E-state index in [1.54, 1.807) is 42.5 Å². The second-order valence-corrected chi connectivity index (χ2v) is 7.44. The third-order valence-electron chi connectivity index (χ3n) is 5.42. The molecule has 0 atom stereocenters. The third kappa shape index (κ3) is 5.96. The zero-order chi connectivity index (χ0) is 23.8. The molecule has 0 aliphatic carbocycles. The van der Waals surface area contributed by atoms with E-state index in [-0.39, 0.29) is 28.4 Å². The monoisotopic (exact) mass is 450 g/mol. The molecule has 0 unspecified atom stereocenters. The molecule has 0 aromatic heterocycles. The minimum atomic E-state index is -0.401. The van der Waals surface area contributed by atoms with Crippen LogP contribution in [0.15, 0.2) is 60.7 Å². The number of hydrogen-bond acceptors (Lipinski definition) is 6. The van der Waals surface area contributed by atoms with E-state index in [2.05, 4.69) is 24.1 Å². The van der Waals surface area contributed by atoms with Crippen LogP contribution in [0, 0.1) is 0 Å². The zero-order valence-electron chi connectivity index (χ0n) is 19.2. The van der Waals surface area contributed by atoms with Crippen molar-refractivity contribution in [1.82, 2.24) is 4.90 Å². The summed E-state index contributed by atoms with van der Waals surface area (Å²) in [5, 5.41) is 23.4. The minimum Gasteiger partial charge on any atom is -0.508 e. The van der Waals surface area contributed by atoms with Crippen molar-refractivity contribution in [3.05, 3.63) is 66.2 Å². The Morgan fingerprint density at radius 2 is 1.73 bits per heavy atom. The maximum absolute atomic E-state index is 13.1. The van der Waals surface area contributed by atoms with Crippen molar-refractivity contribution < 1.29 is 24.5 Å². The highest BCUT2D eigenvalue weighted by atomic mass is 16.5. The van der Waals surface area contributed by atoms with Crippen molar-refractivity contribution in [2.45, 2.75) is 13.8 Å². The number of nitrogens with zero attached hydrogens (tertiary/aromatic N) is 1. The van der Waals surface area contributed by atoms with Gasteiger partial charge >= 0.3 is 0 Å². The molecule has 0 aliphatic heterocycles. The van der Waals surface area contributed by atoms with Gasteiger partial charge in [-0.05, 0) is 67.2 Å². The van der Waals surface area contributed by atoms with Crippen LogP contribution in [0.1, 0.15) is 24.2 Å². The van der Waals surface area contributed by atoms with Gasteiger partial charge in [-0.1, -0.05) is 26.0 Å². The molecule has 0 fully saturated rings. The SMILES string of the molecule is CCN(CC)CCOc1ccc(NC(=O)c2ccc(OC)c(O)c2-c2cccc(O)c2)cc1. The summed E-state index contributed by atoms with van der Waals surface area (Å²) >= 11 is 0. The number of carbonyl (C=O) groups excluding carboxylic acids is 1. The lowest BCUT2D eigenvalue weighted by Gasteiger charge is -2.18. The van der Waals surface area contributed by atoms with Crippen LogP contribution in [0.3, 0.4) is 0 Å². The normalized spacial score (nSPS) is 10.8. The van der Waals surface area contributed by atoms with Crippen molar-refractivity contribution in [2.75, 3.05) is 38.7 Å². The van der Waals surface area contributed by atoms with Gasteiger partial charge in [0.05, 0.1) is 12.7 Å². The highest BCUT2D eigenvalue weighted by Gasteiger charge is 2.20. The number of anilines is 1. The van der Waals surface area contributed by atoms with Gasteiger partial charge in [0.25, 0.3) is 5.91 Å². The molecule has 0 saturated carbocycles. The van der Waals surface area contributed by atoms with Gasteiger partial charge in [0.1, 0.15) is 18.1 Å². The Labute approximate surface area is 194 Å². The van der Waals surface area contributed by atoms with Crippen molar-refractivity contribution in [2.24, 2.45) is 0 Å². The van der Waals surface area contributed by atoms with Crippen molar-refractivity contribution in [1.29, 1.82) is 0 Å². The van der Waals surface area contributed by atoms with E-state index in [1.165, 1.54) is 25.3 Å². The van der Waals surface area contributed by atoms with E-state index < -0.39 is 5.91 Å². The number of phenolic OH excluding ortho intramolecular Hbond substituents is 2. The average Bonchev–Trinajstić information content (AvgIpc) is 2.82. The fraction of sp³-hybridized carbons (Fsp3) is 0.269. The van der Waals surface area contributed by atoms with Gasteiger partial charge in [0, 0.05) is 17.8 Å². The number of aromatic hydroxyl groups is 2. The number of hydrogen-bond donors (Lipinski definition) is 3. The molecule has 0 bridgehead atoms. The van der Waals surface area contributed by atoms with Gasteiger partial charge in [-0.25, -0.2) is 0 Å². The minimum absolute atomic E-state index is 0.0256. The molecule has 7 heteroatoms. The van der Waals surface area contributed by atoms with Crippen LogP contribution in [-0.2, 0) is 0 Å². The number of phenols is 2. The third-order valence-corrected chi connectivity index (χ3v) is 5.42. The Morgan fingerprint density at radius 3 is 2.36 bits per heavy atom. The van der Waals surface area contributed by atoms with Gasteiger partial charge in [0.15, 0.2) is 11.5 Å². The molecule has 1 amide bonds. The Balaban J connectivity index is 1.77. The summed E-state index contributed by atoms with van der Waals surface area (Å²) in [5.74, 6) is 0.408. The highest BCUT2D eigenvalue weighted by Crippen LogP contribution is 2.40. The fourth-order valence-corrected chi connectivity index (χ4v) is 3.54. The summed E-state index contributed by atoms with van der Waals surface area (Å²) in [4.78, 5) is 15.4. The van der Waals surface area contributed by atoms with Crippen molar-refractivity contribution >= 4 is 11.6 Å². The number of carbonyl (C=O) groups is 1. The number of nitrogens with one attached hydrogen (secondary N) is 1. The van der Waals surface area contributed by atoms with Gasteiger partial charge in [-0.2, -0.15) is 0 Å². The maximum atomic E-state index is 13.1. The summed E-state index contributed by atoms with van der Waals surface area (Å²) < 4.78 is 11.0. The van der Waals surface area contributed by atoms with Gasteiger partial charge in [-0.3, -0.25) is 4.79 Å².